The Bertz CT molecular complexity index is 1440. The number of aromatic amines is 1. The fourth-order valence-corrected chi connectivity index (χ4v) is 5.87. The van der Waals surface area contributed by atoms with Crippen LogP contribution >= 0.6 is 35.7 Å². The van der Waals surface area contributed by atoms with Gasteiger partial charge in [-0.05, 0) is 0 Å². The third-order valence-corrected chi connectivity index (χ3v) is 7.94. The Hall–Kier alpha value is -1.61. The molecule has 2 aromatic rings. The Morgan fingerprint density at radius 1 is 1.38 bits per heavy atom. The van der Waals surface area contributed by atoms with Crippen LogP contribution in [-0.2, 0) is 31.6 Å². The second-order valence-electron chi connectivity index (χ2n) is 6.34. The van der Waals surface area contributed by atoms with Gasteiger partial charge < -0.3 is 40.1 Å². The van der Waals surface area contributed by atoms with Crippen LogP contribution in [0.1, 0.15) is 8.97 Å². The molecule has 0 spiro atoms. The number of aliphatic hydroxyl groups excluding tert-OH is 1. The lowest BCUT2D eigenvalue weighted by molar-refractivity contribution is -0.0496. The molecule has 22 heteroatoms. The lowest BCUT2D eigenvalue weighted by atomic mass is 9.97. The summed E-state index contributed by atoms with van der Waals surface area (Å²) in [5, 5.41) is 10.5. The van der Waals surface area contributed by atoms with Crippen molar-refractivity contribution < 1.29 is 63.4 Å². The van der Waals surface area contributed by atoms with Crippen LogP contribution in [0.5, 0.6) is 0 Å². The predicted octanol–water partition coefficient (Wildman–Crippen LogP) is 0.0142. The number of aliphatic hydroxyl groups is 1. The summed E-state index contributed by atoms with van der Waals surface area (Å²) < 4.78 is 82.7. The number of nitrogens with one attached hydrogen (secondary N) is 1. The minimum atomic E-state index is -6.07. The molecule has 1 aliphatic rings. The quantitative estimate of drug-likeness (QED) is 0.126. The molecule has 188 valence electrons. The van der Waals surface area contributed by atoms with E-state index in [0.717, 1.165) is 10.9 Å². The Labute approximate surface area is 195 Å². The van der Waals surface area contributed by atoms with Crippen molar-refractivity contribution in [3.05, 3.63) is 11.0 Å². The average Bonchev–Trinajstić information content (AvgIpc) is 3.17. The Balaban J connectivity index is 1.95. The molecule has 17 nitrogen and oxygen atoms in total. The number of imidazole rings is 1. The molecular formula is C12H15FN5O12P3S. The van der Waals surface area contributed by atoms with E-state index in [-0.39, 0.29) is 21.8 Å². The van der Waals surface area contributed by atoms with Crippen LogP contribution in [0.3, 0.4) is 0 Å². The van der Waals surface area contributed by atoms with Gasteiger partial charge in [-0.15, -0.1) is 6.42 Å². The highest BCUT2D eigenvalue weighted by atomic mass is 32.1. The summed E-state index contributed by atoms with van der Waals surface area (Å²) in [6.45, 7) is -3.71. The van der Waals surface area contributed by atoms with Crippen molar-refractivity contribution in [2.24, 2.45) is 0 Å². The molecule has 8 N–H and O–H groups in total. The number of terminal acetylenes is 1. The Morgan fingerprint density at radius 2 is 2.03 bits per heavy atom. The third kappa shape index (κ3) is 5.61. The van der Waals surface area contributed by atoms with E-state index in [2.05, 4.69) is 28.1 Å². The molecule has 3 unspecified atom stereocenters. The van der Waals surface area contributed by atoms with Crippen LogP contribution in [0.25, 0.3) is 11.2 Å². The minimum absolute atomic E-state index is 0.0172. The number of phosphoric acid groups is 3. The molecule has 3 heterocycles. The number of rotatable bonds is 8. The van der Waals surface area contributed by atoms with Gasteiger partial charge in [-0.3, -0.25) is 9.09 Å². The molecule has 1 aliphatic heterocycles. The number of halogens is 1. The molecule has 0 aromatic carbocycles. The van der Waals surface area contributed by atoms with Gasteiger partial charge in [0.2, 0.25) is 5.67 Å². The monoisotopic (exact) mass is 567 g/mol. The fraction of sp³-hybridized carbons (Fsp3) is 0.417. The van der Waals surface area contributed by atoms with Gasteiger partial charge in [0.05, 0.1) is 15.6 Å². The van der Waals surface area contributed by atoms with Crippen LogP contribution in [0.2, 0.25) is 0 Å². The highest BCUT2D eigenvalue weighted by molar-refractivity contribution is 7.71. The highest BCUT2D eigenvalue weighted by Gasteiger charge is 2.58. The molecule has 34 heavy (non-hydrogen) atoms. The average molecular weight is 567 g/mol. The van der Waals surface area contributed by atoms with E-state index in [9.17, 15) is 28.6 Å². The maximum absolute atomic E-state index is 15.7. The van der Waals surface area contributed by atoms with Gasteiger partial charge in [-0.1, -0.05) is 18.1 Å². The number of nitrogens with two attached hydrogens (primary N) is 1. The van der Waals surface area contributed by atoms with E-state index in [1.807, 2.05) is 0 Å². The molecule has 3 rings (SSSR count). The number of anilines is 1. The van der Waals surface area contributed by atoms with Crippen LogP contribution in [0, 0.1) is 17.0 Å². The molecule has 0 saturated carbocycles. The fourth-order valence-electron chi connectivity index (χ4n) is 2.74. The number of ether oxygens (including phenoxy) is 1. The van der Waals surface area contributed by atoms with Crippen molar-refractivity contribution in [1.82, 2.24) is 19.5 Å². The minimum Gasteiger partial charge on any atom is -0.386 e. The summed E-state index contributed by atoms with van der Waals surface area (Å²) in [5.41, 5.74) is 2.20. The zero-order chi connectivity index (χ0) is 27.5. The molecule has 0 bridgehead atoms. The number of nitrogen functional groups attached to an aromatic ring is 1. The van der Waals surface area contributed by atoms with Crippen LogP contribution in [0.15, 0.2) is 6.33 Å². The van der Waals surface area contributed by atoms with E-state index in [4.69, 9.17) is 41.6 Å². The van der Waals surface area contributed by atoms with E-state index in [1.54, 1.807) is 5.92 Å². The summed E-state index contributed by atoms with van der Waals surface area (Å²) >= 11 is 4.99. The summed E-state index contributed by atoms with van der Waals surface area (Å²) in [6, 6.07) is 0. The summed E-state index contributed by atoms with van der Waals surface area (Å²) in [5.74, 6) is 1.36. The van der Waals surface area contributed by atoms with E-state index in [0.29, 0.717) is 0 Å². The normalized spacial score (nSPS) is 30.2. The van der Waals surface area contributed by atoms with Crippen LogP contribution in [-0.4, -0.2) is 68.6 Å². The van der Waals surface area contributed by atoms with Crippen molar-refractivity contribution >= 4 is 52.8 Å². The summed E-state index contributed by atoms with van der Waals surface area (Å²) in [6.07, 6.45) is -1.07. The molecule has 0 amide bonds. The van der Waals surface area contributed by atoms with Gasteiger partial charge >= 0.3 is 23.5 Å². The smallest absolute Gasteiger partial charge is 0.386 e. The second kappa shape index (κ2) is 9.12. The van der Waals surface area contributed by atoms with Gasteiger partial charge in [0, 0.05) is 0 Å². The number of aromatic nitrogens is 4. The predicted molar refractivity (Wildman–Crippen MR) is 110 cm³/mol. The van der Waals surface area contributed by atoms with Crippen molar-refractivity contribution in [3.8, 4) is 12.3 Å². The maximum atomic E-state index is 15.7. The van der Waals surface area contributed by atoms with Gasteiger partial charge in [-0.2, -0.15) is 8.62 Å². The lowest BCUT2D eigenvalue weighted by Crippen LogP contribution is -2.42. The molecule has 1 fully saturated rings. The number of hydrogen-bond acceptors (Lipinski definition) is 12. The standard InChI is InChI=1S/C12H15FN5O12P3S/c1-2-12(13)7(19)5(3-27-32(23,24)30-33(25,26)29-31(20,21)22)28-10(12)18-4-15-6-8(18)16-11(14)17-9(6)34/h1,4-5,7,10,19H,3H2,(H,23,24)(H,25,26)(H2,20,21,22)(H3,14,16,17,34)/t5-,7+,10-,12?/m1/s1/i3D2. The number of nitrogens with zero attached hydrogens (tertiary/aromatic N) is 3. The first-order valence-electron chi connectivity index (χ1n) is 9.28. The zero-order valence-corrected chi connectivity index (χ0v) is 19.5. The van der Waals surface area contributed by atoms with E-state index >= 15 is 4.39 Å². The first-order valence-corrected chi connectivity index (χ1v) is 13.2. The number of H-pyrrole nitrogens is 1. The van der Waals surface area contributed by atoms with Gasteiger partial charge in [-0.25, -0.2) is 28.1 Å². The third-order valence-electron chi connectivity index (χ3n) is 3.99. The Kier molecular flexibility index (Phi) is 6.46. The summed E-state index contributed by atoms with van der Waals surface area (Å²) in [4.78, 5) is 46.1. The van der Waals surface area contributed by atoms with Crippen molar-refractivity contribution in [2.45, 2.75) is 24.1 Å². The lowest BCUT2D eigenvalue weighted by Gasteiger charge is -2.23. The maximum Gasteiger partial charge on any atom is 0.490 e. The van der Waals surface area contributed by atoms with Gasteiger partial charge in [0.1, 0.15) is 23.4 Å². The van der Waals surface area contributed by atoms with E-state index in [1.165, 1.54) is 0 Å². The zero-order valence-electron chi connectivity index (χ0n) is 18.0. The highest BCUT2D eigenvalue weighted by Crippen LogP contribution is 2.66. The molecule has 2 aromatic heterocycles. The summed E-state index contributed by atoms with van der Waals surface area (Å²) in [7, 11) is -17.8. The number of phosphoric ester groups is 1. The SMILES string of the molecule is [2H]C([2H])(OP(=O)(O)OP(=O)(O)OP(=O)(O)O)[C@H]1O[C@@H](n2cnc3c(=S)nc(N)[nH]c32)C(F)(C#C)[C@H]1O. The Morgan fingerprint density at radius 3 is 2.62 bits per heavy atom. The first-order chi connectivity index (χ1) is 16.2. The van der Waals surface area contributed by atoms with Crippen molar-refractivity contribution in [3.63, 3.8) is 0 Å². The van der Waals surface area contributed by atoms with Crippen LogP contribution < -0.4 is 5.73 Å². The topological polar surface area (TPSA) is 262 Å². The largest absolute Gasteiger partial charge is 0.490 e. The number of hydrogen-bond donors (Lipinski definition) is 7. The van der Waals surface area contributed by atoms with Crippen molar-refractivity contribution in [2.75, 3.05) is 12.3 Å². The van der Waals surface area contributed by atoms with Gasteiger partial charge in [0.15, 0.2) is 16.8 Å². The first kappa shape index (κ1) is 24.1. The van der Waals surface area contributed by atoms with E-state index < -0.39 is 54.1 Å². The van der Waals surface area contributed by atoms with Crippen LogP contribution in [0.4, 0.5) is 10.3 Å². The molecule has 1 saturated heterocycles. The molecule has 0 radical (unpaired) electrons. The molecule has 6 atom stereocenters. The van der Waals surface area contributed by atoms with Crippen molar-refractivity contribution in [1.29, 1.82) is 0 Å². The van der Waals surface area contributed by atoms with Gasteiger partial charge in [0.25, 0.3) is 0 Å². The second-order valence-corrected chi connectivity index (χ2v) is 11.1. The number of fused-ring (bicyclic) bond motifs is 1. The molecular weight excluding hydrogens is 550 g/mol. The number of alkyl halides is 1. The molecule has 0 aliphatic carbocycles.